The third-order valence-corrected chi connectivity index (χ3v) is 12.7. The van der Waals surface area contributed by atoms with Gasteiger partial charge >= 0.3 is 0 Å². The Bertz CT molecular complexity index is 161. The van der Waals surface area contributed by atoms with E-state index in [1.165, 1.54) is 24.9 Å². The van der Waals surface area contributed by atoms with E-state index in [0.29, 0.717) is 0 Å². The molecule has 0 aromatic carbocycles. The number of rotatable bonds is 7. The molecule has 0 amide bonds. The molecule has 0 spiro atoms. The summed E-state index contributed by atoms with van der Waals surface area (Å²) in [6.07, 6.45) is 2.74. The van der Waals surface area contributed by atoms with Gasteiger partial charge in [-0.05, 0) is 17.0 Å². The molecule has 1 heteroatoms. The SMILES string of the molecule is CCC(C)C(C)[Si](CC)(CC)C(C)CC. The molecule has 0 bridgehead atoms. The van der Waals surface area contributed by atoms with Gasteiger partial charge in [-0.3, -0.25) is 0 Å². The first-order chi connectivity index (χ1) is 6.99. The monoisotopic (exact) mass is 228 g/mol. The molecule has 0 fully saturated rings. The van der Waals surface area contributed by atoms with Gasteiger partial charge in [0.05, 0.1) is 8.07 Å². The molecular weight excluding hydrogens is 196 g/mol. The summed E-state index contributed by atoms with van der Waals surface area (Å²) in [5, 5.41) is 0. The Morgan fingerprint density at radius 2 is 1.27 bits per heavy atom. The second-order valence-corrected chi connectivity index (χ2v) is 11.2. The third-order valence-electron chi connectivity index (χ3n) is 5.31. The molecule has 0 N–H and O–H groups in total. The minimum atomic E-state index is -1.03. The Labute approximate surface area is 98.9 Å². The number of hydrogen-bond donors (Lipinski definition) is 0. The topological polar surface area (TPSA) is 0 Å². The molecule has 0 aromatic heterocycles. The summed E-state index contributed by atoms with van der Waals surface area (Å²) in [6, 6.07) is 2.95. The minimum absolute atomic E-state index is 0.922. The van der Waals surface area contributed by atoms with Crippen LogP contribution in [-0.4, -0.2) is 8.07 Å². The zero-order chi connectivity index (χ0) is 12.1. The lowest BCUT2D eigenvalue weighted by Gasteiger charge is -2.43. The van der Waals surface area contributed by atoms with E-state index in [0.717, 1.165) is 17.0 Å². The fraction of sp³-hybridized carbons (Fsp3) is 1.00. The van der Waals surface area contributed by atoms with E-state index < -0.39 is 8.07 Å². The minimum Gasteiger partial charge on any atom is -0.0678 e. The quantitative estimate of drug-likeness (QED) is 0.490. The van der Waals surface area contributed by atoms with Gasteiger partial charge in [0.15, 0.2) is 0 Å². The summed E-state index contributed by atoms with van der Waals surface area (Å²) >= 11 is 0. The third kappa shape index (κ3) is 3.09. The van der Waals surface area contributed by atoms with Crippen LogP contribution in [0.3, 0.4) is 0 Å². The van der Waals surface area contributed by atoms with Crippen LogP contribution in [0.25, 0.3) is 0 Å². The highest BCUT2D eigenvalue weighted by Crippen LogP contribution is 2.45. The number of hydrogen-bond acceptors (Lipinski definition) is 0. The van der Waals surface area contributed by atoms with Gasteiger partial charge < -0.3 is 0 Å². The second-order valence-electron chi connectivity index (χ2n) is 5.42. The van der Waals surface area contributed by atoms with E-state index in [1.54, 1.807) is 0 Å². The highest BCUT2D eigenvalue weighted by Gasteiger charge is 2.40. The van der Waals surface area contributed by atoms with Crippen molar-refractivity contribution in [3.63, 3.8) is 0 Å². The molecule has 92 valence electrons. The first-order valence-electron chi connectivity index (χ1n) is 6.99. The molecule has 0 aliphatic heterocycles. The van der Waals surface area contributed by atoms with Gasteiger partial charge in [-0.25, -0.2) is 0 Å². The summed E-state index contributed by atoms with van der Waals surface area (Å²) in [4.78, 5) is 0. The van der Waals surface area contributed by atoms with Crippen LogP contribution in [0, 0.1) is 5.92 Å². The smallest absolute Gasteiger partial charge is 0.0589 e. The Kier molecular flexibility index (Phi) is 6.82. The Morgan fingerprint density at radius 3 is 1.53 bits per heavy atom. The Balaban J connectivity index is 4.90. The van der Waals surface area contributed by atoms with Crippen LogP contribution in [-0.2, 0) is 0 Å². The van der Waals surface area contributed by atoms with Crippen molar-refractivity contribution in [3.8, 4) is 0 Å². The zero-order valence-corrected chi connectivity index (χ0v) is 13.1. The standard InChI is InChI=1S/C14H32Si/c1-8-12(5)14(7)15(10-3,11-4)13(6)9-2/h12-14H,8-11H2,1-7H3. The van der Waals surface area contributed by atoms with Crippen molar-refractivity contribution in [3.05, 3.63) is 0 Å². The first kappa shape index (κ1) is 15.2. The lowest BCUT2D eigenvalue weighted by molar-refractivity contribution is 0.516. The molecule has 0 aromatic rings. The lowest BCUT2D eigenvalue weighted by Crippen LogP contribution is -2.43. The average Bonchev–Trinajstić information content (AvgIpc) is 2.29. The van der Waals surface area contributed by atoms with Gasteiger partial charge in [0.2, 0.25) is 0 Å². The van der Waals surface area contributed by atoms with Crippen LogP contribution in [0.2, 0.25) is 23.2 Å². The van der Waals surface area contributed by atoms with Crippen LogP contribution in [0.15, 0.2) is 0 Å². The fourth-order valence-corrected chi connectivity index (χ4v) is 9.63. The van der Waals surface area contributed by atoms with E-state index in [-0.39, 0.29) is 0 Å². The van der Waals surface area contributed by atoms with Gasteiger partial charge in [0, 0.05) is 0 Å². The van der Waals surface area contributed by atoms with Crippen LogP contribution in [0.4, 0.5) is 0 Å². The van der Waals surface area contributed by atoms with Crippen LogP contribution >= 0.6 is 0 Å². The van der Waals surface area contributed by atoms with Gasteiger partial charge in [-0.2, -0.15) is 0 Å². The van der Waals surface area contributed by atoms with E-state index >= 15 is 0 Å². The first-order valence-corrected chi connectivity index (χ1v) is 9.56. The van der Waals surface area contributed by atoms with Gasteiger partial charge in [0.1, 0.15) is 0 Å². The average molecular weight is 228 g/mol. The molecule has 0 aliphatic rings. The maximum atomic E-state index is 2.54. The summed E-state index contributed by atoms with van der Waals surface area (Å²) in [7, 11) is -1.03. The van der Waals surface area contributed by atoms with Crippen molar-refractivity contribution in [2.75, 3.05) is 0 Å². The molecule has 0 radical (unpaired) electrons. The van der Waals surface area contributed by atoms with Gasteiger partial charge in [-0.15, -0.1) is 0 Å². The van der Waals surface area contributed by atoms with E-state index in [9.17, 15) is 0 Å². The molecule has 0 rings (SSSR count). The maximum Gasteiger partial charge on any atom is 0.0589 e. The lowest BCUT2D eigenvalue weighted by atomic mass is 10.1. The summed E-state index contributed by atoms with van der Waals surface area (Å²) in [5.41, 5.74) is 1.99. The molecule has 0 nitrogen and oxygen atoms in total. The molecular formula is C14H32Si. The van der Waals surface area contributed by atoms with Gasteiger partial charge in [0.25, 0.3) is 0 Å². The molecule has 0 saturated heterocycles. The second kappa shape index (κ2) is 6.73. The predicted octanol–water partition coefficient (Wildman–Crippen LogP) is 5.71. The molecule has 0 heterocycles. The van der Waals surface area contributed by atoms with E-state index in [4.69, 9.17) is 0 Å². The van der Waals surface area contributed by atoms with Gasteiger partial charge in [-0.1, -0.05) is 73.4 Å². The largest absolute Gasteiger partial charge is 0.0678 e. The van der Waals surface area contributed by atoms with E-state index in [1.807, 2.05) is 0 Å². The van der Waals surface area contributed by atoms with Crippen LogP contribution in [0.1, 0.15) is 61.3 Å². The van der Waals surface area contributed by atoms with Crippen LogP contribution in [0.5, 0.6) is 0 Å². The zero-order valence-electron chi connectivity index (χ0n) is 12.1. The van der Waals surface area contributed by atoms with Crippen molar-refractivity contribution in [1.29, 1.82) is 0 Å². The summed E-state index contributed by atoms with van der Waals surface area (Å²) < 4.78 is 0. The predicted molar refractivity (Wildman–Crippen MR) is 75.3 cm³/mol. The van der Waals surface area contributed by atoms with Crippen molar-refractivity contribution in [1.82, 2.24) is 0 Å². The fourth-order valence-electron chi connectivity index (χ4n) is 3.37. The maximum absolute atomic E-state index is 2.54. The molecule has 0 aliphatic carbocycles. The van der Waals surface area contributed by atoms with Crippen LogP contribution < -0.4 is 0 Å². The van der Waals surface area contributed by atoms with E-state index in [2.05, 4.69) is 48.5 Å². The van der Waals surface area contributed by atoms with Crippen molar-refractivity contribution in [2.24, 2.45) is 5.92 Å². The molecule has 3 unspecified atom stereocenters. The Hall–Kier alpha value is 0.217. The highest BCUT2D eigenvalue weighted by atomic mass is 28.3. The summed E-state index contributed by atoms with van der Waals surface area (Å²) in [6.45, 7) is 17.1. The Morgan fingerprint density at radius 1 is 0.800 bits per heavy atom. The highest BCUT2D eigenvalue weighted by molar-refractivity contribution is 6.82. The van der Waals surface area contributed by atoms with Crippen molar-refractivity contribution < 1.29 is 0 Å². The van der Waals surface area contributed by atoms with Crippen molar-refractivity contribution >= 4 is 8.07 Å². The summed E-state index contributed by atoms with van der Waals surface area (Å²) in [5.74, 6) is 0.922. The normalized spacial score (nSPS) is 18.6. The molecule has 15 heavy (non-hydrogen) atoms. The molecule has 3 atom stereocenters. The molecule has 0 saturated carbocycles. The van der Waals surface area contributed by atoms with Crippen molar-refractivity contribution in [2.45, 2.75) is 84.5 Å².